The van der Waals surface area contributed by atoms with Crippen molar-refractivity contribution in [2.75, 3.05) is 18.4 Å². The Kier molecular flexibility index (Phi) is 4.09. The molecule has 8 heteroatoms. The Bertz CT molecular complexity index is 563. The highest BCUT2D eigenvalue weighted by atomic mass is 35.5. The van der Waals surface area contributed by atoms with E-state index in [0.29, 0.717) is 10.7 Å². The molecule has 3 N–H and O–H groups in total. The van der Waals surface area contributed by atoms with Gasteiger partial charge in [-0.3, -0.25) is 9.69 Å². The van der Waals surface area contributed by atoms with Gasteiger partial charge in [0.15, 0.2) is 0 Å². The lowest BCUT2D eigenvalue weighted by Crippen LogP contribution is -2.60. The van der Waals surface area contributed by atoms with E-state index < -0.39 is 23.9 Å². The molecule has 2 rings (SSSR count). The van der Waals surface area contributed by atoms with Crippen LogP contribution in [0.2, 0.25) is 5.02 Å². The molecule has 1 atom stereocenters. The van der Waals surface area contributed by atoms with E-state index in [1.54, 1.807) is 24.3 Å². The first kappa shape index (κ1) is 14.1. The van der Waals surface area contributed by atoms with Gasteiger partial charge in [0.05, 0.1) is 10.7 Å². The lowest BCUT2D eigenvalue weighted by atomic mass is 10.2. The fraction of sp³-hybridized carbons (Fsp3) is 0.250. The van der Waals surface area contributed by atoms with Gasteiger partial charge in [0.2, 0.25) is 5.91 Å². The van der Waals surface area contributed by atoms with Crippen molar-refractivity contribution in [1.82, 2.24) is 10.2 Å². The maximum absolute atomic E-state index is 12.1. The summed E-state index contributed by atoms with van der Waals surface area (Å²) in [4.78, 5) is 35.5. The average molecular weight is 298 g/mol. The zero-order chi connectivity index (χ0) is 14.7. The van der Waals surface area contributed by atoms with E-state index in [9.17, 15) is 14.4 Å². The van der Waals surface area contributed by atoms with Crippen molar-refractivity contribution in [2.45, 2.75) is 6.04 Å². The summed E-state index contributed by atoms with van der Waals surface area (Å²) in [5, 5.41) is 14.3. The third kappa shape index (κ3) is 3.00. The monoisotopic (exact) mass is 297 g/mol. The molecule has 20 heavy (non-hydrogen) atoms. The Morgan fingerprint density at radius 3 is 2.75 bits per heavy atom. The highest BCUT2D eigenvalue weighted by molar-refractivity contribution is 6.33. The molecule has 1 fully saturated rings. The first-order chi connectivity index (χ1) is 9.49. The molecular weight excluding hydrogens is 286 g/mol. The summed E-state index contributed by atoms with van der Waals surface area (Å²) >= 11 is 5.91. The van der Waals surface area contributed by atoms with Gasteiger partial charge in [-0.25, -0.2) is 9.59 Å². The second-order valence-electron chi connectivity index (χ2n) is 4.20. The molecule has 1 aromatic carbocycles. The summed E-state index contributed by atoms with van der Waals surface area (Å²) in [7, 11) is 0. The molecule has 0 radical (unpaired) electrons. The second kappa shape index (κ2) is 5.79. The number of halogens is 1. The smallest absolute Gasteiger partial charge is 0.328 e. The summed E-state index contributed by atoms with van der Waals surface area (Å²) < 4.78 is 0. The summed E-state index contributed by atoms with van der Waals surface area (Å²) in [6, 6.07) is 4.77. The lowest BCUT2D eigenvalue weighted by Gasteiger charge is -2.32. The topological polar surface area (TPSA) is 98.7 Å². The summed E-state index contributed by atoms with van der Waals surface area (Å²) in [5.41, 5.74) is 0.356. The molecule has 0 bridgehead atoms. The van der Waals surface area contributed by atoms with Crippen molar-refractivity contribution in [3.8, 4) is 0 Å². The predicted octanol–water partition coefficient (Wildman–Crippen LogP) is 0.757. The van der Waals surface area contributed by atoms with Gasteiger partial charge in [-0.2, -0.15) is 0 Å². The maximum Gasteiger partial charge on any atom is 0.328 e. The first-order valence-electron chi connectivity index (χ1n) is 5.80. The molecule has 1 aromatic rings. The Morgan fingerprint density at radius 2 is 2.10 bits per heavy atom. The molecule has 106 valence electrons. The van der Waals surface area contributed by atoms with Crippen molar-refractivity contribution in [1.29, 1.82) is 0 Å². The van der Waals surface area contributed by atoms with E-state index >= 15 is 0 Å². The molecule has 1 saturated heterocycles. The SMILES string of the molecule is O=C1CN(C(=O)Nc2ccccc2Cl)C(C(=O)O)CN1. The van der Waals surface area contributed by atoms with E-state index in [-0.39, 0.29) is 13.1 Å². The number of benzene rings is 1. The highest BCUT2D eigenvalue weighted by Gasteiger charge is 2.35. The third-order valence-corrected chi connectivity index (χ3v) is 3.17. The van der Waals surface area contributed by atoms with Crippen molar-refractivity contribution >= 4 is 35.2 Å². The number of para-hydroxylation sites is 1. The highest BCUT2D eigenvalue weighted by Crippen LogP contribution is 2.21. The number of carboxylic acid groups (broad SMARTS) is 1. The molecule has 7 nitrogen and oxygen atoms in total. The lowest BCUT2D eigenvalue weighted by molar-refractivity contribution is -0.144. The number of amides is 3. The fourth-order valence-electron chi connectivity index (χ4n) is 1.83. The van der Waals surface area contributed by atoms with Crippen molar-refractivity contribution in [3.63, 3.8) is 0 Å². The predicted molar refractivity (Wildman–Crippen MR) is 71.6 cm³/mol. The van der Waals surface area contributed by atoms with Gasteiger partial charge in [-0.15, -0.1) is 0 Å². The van der Waals surface area contributed by atoms with Gasteiger partial charge in [0, 0.05) is 6.54 Å². The molecular formula is C12H12ClN3O4. The van der Waals surface area contributed by atoms with Crippen LogP contribution in [0, 0.1) is 0 Å². The number of nitrogens with zero attached hydrogens (tertiary/aromatic N) is 1. The number of carboxylic acids is 1. The Morgan fingerprint density at radius 1 is 1.40 bits per heavy atom. The molecule has 1 heterocycles. The van der Waals surface area contributed by atoms with Crippen molar-refractivity contribution < 1.29 is 19.5 Å². The van der Waals surface area contributed by atoms with Gasteiger partial charge in [-0.1, -0.05) is 23.7 Å². The van der Waals surface area contributed by atoms with Crippen LogP contribution >= 0.6 is 11.6 Å². The van der Waals surface area contributed by atoms with E-state index in [4.69, 9.17) is 16.7 Å². The van der Waals surface area contributed by atoms with E-state index in [1.165, 1.54) is 0 Å². The number of carbonyl (C=O) groups is 3. The largest absolute Gasteiger partial charge is 0.480 e. The van der Waals surface area contributed by atoms with Crippen LogP contribution in [0.3, 0.4) is 0 Å². The summed E-state index contributed by atoms with van der Waals surface area (Å²) in [6.07, 6.45) is 0. The number of aliphatic carboxylic acids is 1. The van der Waals surface area contributed by atoms with Gasteiger partial charge >= 0.3 is 12.0 Å². The van der Waals surface area contributed by atoms with Gasteiger partial charge in [-0.05, 0) is 12.1 Å². The molecule has 0 aliphatic carbocycles. The fourth-order valence-corrected chi connectivity index (χ4v) is 2.01. The quantitative estimate of drug-likeness (QED) is 0.750. The van der Waals surface area contributed by atoms with Gasteiger partial charge in [0.1, 0.15) is 12.6 Å². The number of hydrogen-bond acceptors (Lipinski definition) is 3. The van der Waals surface area contributed by atoms with Crippen LogP contribution < -0.4 is 10.6 Å². The van der Waals surface area contributed by atoms with Gasteiger partial charge in [0.25, 0.3) is 0 Å². The minimum atomic E-state index is -1.18. The zero-order valence-electron chi connectivity index (χ0n) is 10.3. The van der Waals surface area contributed by atoms with Crippen LogP contribution in [0.4, 0.5) is 10.5 Å². The number of piperazine rings is 1. The molecule has 1 aliphatic heterocycles. The maximum atomic E-state index is 12.1. The Hall–Kier alpha value is -2.28. The average Bonchev–Trinajstić information content (AvgIpc) is 2.40. The molecule has 1 unspecified atom stereocenters. The van der Waals surface area contributed by atoms with Crippen LogP contribution in [0.15, 0.2) is 24.3 Å². The molecule has 3 amide bonds. The Balaban J connectivity index is 2.15. The third-order valence-electron chi connectivity index (χ3n) is 2.84. The number of hydrogen-bond donors (Lipinski definition) is 3. The van der Waals surface area contributed by atoms with E-state index in [0.717, 1.165) is 4.90 Å². The number of rotatable bonds is 2. The van der Waals surface area contributed by atoms with E-state index in [2.05, 4.69) is 10.6 Å². The normalized spacial score (nSPS) is 18.4. The van der Waals surface area contributed by atoms with E-state index in [1.807, 2.05) is 0 Å². The molecule has 0 spiro atoms. The standard InChI is InChI=1S/C12H12ClN3O4/c13-7-3-1-2-4-8(7)15-12(20)16-6-10(17)14-5-9(16)11(18)19/h1-4,9H,5-6H2,(H,14,17)(H,15,20)(H,18,19). The van der Waals surface area contributed by atoms with Gasteiger partial charge < -0.3 is 15.7 Å². The second-order valence-corrected chi connectivity index (χ2v) is 4.60. The number of anilines is 1. The molecule has 1 aliphatic rings. The molecule has 0 saturated carbocycles. The van der Waals surface area contributed by atoms with Crippen molar-refractivity contribution in [2.24, 2.45) is 0 Å². The molecule has 0 aromatic heterocycles. The number of nitrogens with one attached hydrogen (secondary N) is 2. The summed E-state index contributed by atoms with van der Waals surface area (Å²) in [6.45, 7) is -0.433. The van der Waals surface area contributed by atoms with Crippen LogP contribution in [0.5, 0.6) is 0 Å². The van der Waals surface area contributed by atoms with Crippen LogP contribution in [0.25, 0.3) is 0 Å². The van der Waals surface area contributed by atoms with Crippen molar-refractivity contribution in [3.05, 3.63) is 29.3 Å². The van der Waals surface area contributed by atoms with Crippen LogP contribution in [-0.4, -0.2) is 47.0 Å². The Labute approximate surface area is 119 Å². The number of carbonyl (C=O) groups excluding carboxylic acids is 2. The minimum absolute atomic E-state index is 0.121. The summed E-state index contributed by atoms with van der Waals surface area (Å²) in [5.74, 6) is -1.59. The first-order valence-corrected chi connectivity index (χ1v) is 6.18. The number of urea groups is 1. The van der Waals surface area contributed by atoms with Crippen LogP contribution in [-0.2, 0) is 9.59 Å². The van der Waals surface area contributed by atoms with Crippen LogP contribution in [0.1, 0.15) is 0 Å². The minimum Gasteiger partial charge on any atom is -0.480 e. The zero-order valence-corrected chi connectivity index (χ0v) is 11.1.